The molecule has 0 bridgehead atoms. The Kier molecular flexibility index (Phi) is 5.26. The lowest BCUT2D eigenvalue weighted by atomic mass is 10.1. The Hall–Kier alpha value is -3.22. The molecule has 1 aliphatic rings. The van der Waals surface area contributed by atoms with Crippen LogP contribution in [0.2, 0.25) is 0 Å². The second-order valence-electron chi connectivity index (χ2n) is 5.80. The molecule has 1 saturated heterocycles. The maximum absolute atomic E-state index is 13.1. The van der Waals surface area contributed by atoms with Gasteiger partial charge in [-0.2, -0.15) is 0 Å². The van der Waals surface area contributed by atoms with Crippen LogP contribution >= 0.6 is 0 Å². The highest BCUT2D eigenvalue weighted by molar-refractivity contribution is 6.04. The smallest absolute Gasteiger partial charge is 0.340 e. The zero-order valence-electron chi connectivity index (χ0n) is 13.9. The molecule has 0 unspecified atom stereocenters. The van der Waals surface area contributed by atoms with Crippen LogP contribution in [0.4, 0.5) is 15.8 Å². The van der Waals surface area contributed by atoms with Crippen molar-refractivity contribution in [1.82, 2.24) is 0 Å². The number of esters is 1. The Labute approximate surface area is 149 Å². The normalized spacial score (nSPS) is 13.6. The Morgan fingerprint density at radius 1 is 1.15 bits per heavy atom. The number of benzene rings is 2. The summed E-state index contributed by atoms with van der Waals surface area (Å²) in [6.45, 7) is 0.0286. The van der Waals surface area contributed by atoms with Gasteiger partial charge in [0.15, 0.2) is 6.61 Å². The standard InChI is InChI=1S/C19H17FN2O4/c20-13-5-3-6-14(11-13)21-17(23)12-26-19(25)15-7-1-2-8-16(15)22-10-4-9-18(22)24/h1-3,5-8,11H,4,9-10,12H2,(H,21,23). The number of ether oxygens (including phenoxy) is 1. The molecule has 134 valence electrons. The zero-order chi connectivity index (χ0) is 18.5. The first-order valence-corrected chi connectivity index (χ1v) is 8.16. The minimum absolute atomic E-state index is 0.0471. The summed E-state index contributed by atoms with van der Waals surface area (Å²) in [6.07, 6.45) is 1.18. The first-order chi connectivity index (χ1) is 12.5. The molecule has 2 aromatic rings. The van der Waals surface area contributed by atoms with Gasteiger partial charge in [0, 0.05) is 18.7 Å². The van der Waals surface area contributed by atoms with Crippen LogP contribution in [0.15, 0.2) is 48.5 Å². The lowest BCUT2D eigenvalue weighted by molar-refractivity contribution is -0.119. The van der Waals surface area contributed by atoms with Crippen LogP contribution in [-0.2, 0) is 14.3 Å². The van der Waals surface area contributed by atoms with E-state index < -0.39 is 24.3 Å². The monoisotopic (exact) mass is 356 g/mol. The quantitative estimate of drug-likeness (QED) is 0.836. The lowest BCUT2D eigenvalue weighted by Crippen LogP contribution is -2.27. The molecule has 1 aliphatic heterocycles. The molecule has 7 heteroatoms. The summed E-state index contributed by atoms with van der Waals surface area (Å²) in [7, 11) is 0. The third-order valence-corrected chi connectivity index (χ3v) is 3.93. The Morgan fingerprint density at radius 3 is 2.69 bits per heavy atom. The molecule has 0 atom stereocenters. The molecule has 0 aliphatic carbocycles. The van der Waals surface area contributed by atoms with Crippen LogP contribution in [0.25, 0.3) is 0 Å². The molecule has 0 aromatic heterocycles. The van der Waals surface area contributed by atoms with Crippen molar-refractivity contribution in [2.45, 2.75) is 12.8 Å². The lowest BCUT2D eigenvalue weighted by Gasteiger charge is -2.18. The number of anilines is 2. The summed E-state index contributed by atoms with van der Waals surface area (Å²) in [5.74, 6) is -1.81. The van der Waals surface area contributed by atoms with Gasteiger partial charge in [-0.25, -0.2) is 9.18 Å². The van der Waals surface area contributed by atoms with E-state index in [1.165, 1.54) is 18.2 Å². The van der Waals surface area contributed by atoms with Crippen LogP contribution in [0.3, 0.4) is 0 Å². The van der Waals surface area contributed by atoms with E-state index >= 15 is 0 Å². The highest BCUT2D eigenvalue weighted by Gasteiger charge is 2.26. The highest BCUT2D eigenvalue weighted by Crippen LogP contribution is 2.26. The maximum atomic E-state index is 13.1. The number of para-hydroxylation sites is 1. The minimum atomic E-state index is -0.699. The topological polar surface area (TPSA) is 75.7 Å². The van der Waals surface area contributed by atoms with Crippen molar-refractivity contribution in [3.8, 4) is 0 Å². The molecule has 0 radical (unpaired) electrons. The van der Waals surface area contributed by atoms with Gasteiger partial charge in [-0.3, -0.25) is 9.59 Å². The van der Waals surface area contributed by atoms with Crippen LogP contribution in [0.5, 0.6) is 0 Å². The number of hydrogen-bond donors (Lipinski definition) is 1. The number of halogens is 1. The van der Waals surface area contributed by atoms with E-state index in [0.717, 1.165) is 12.5 Å². The molecule has 1 fully saturated rings. The summed E-state index contributed by atoms with van der Waals surface area (Å²) in [6, 6.07) is 12.0. The number of amides is 2. The van der Waals surface area contributed by atoms with Crippen LogP contribution < -0.4 is 10.2 Å². The van der Waals surface area contributed by atoms with Crippen LogP contribution in [0.1, 0.15) is 23.2 Å². The molecule has 0 spiro atoms. The van der Waals surface area contributed by atoms with Crippen LogP contribution in [0, 0.1) is 5.82 Å². The van der Waals surface area contributed by atoms with Gasteiger partial charge >= 0.3 is 5.97 Å². The van der Waals surface area contributed by atoms with E-state index in [1.807, 2.05) is 0 Å². The largest absolute Gasteiger partial charge is 0.452 e. The van der Waals surface area contributed by atoms with Gasteiger partial charge < -0.3 is 15.0 Å². The van der Waals surface area contributed by atoms with E-state index in [0.29, 0.717) is 18.7 Å². The van der Waals surface area contributed by atoms with Gasteiger partial charge in [-0.1, -0.05) is 18.2 Å². The SMILES string of the molecule is O=C(COC(=O)c1ccccc1N1CCCC1=O)Nc1cccc(F)c1. The molecule has 1 N–H and O–H groups in total. The Morgan fingerprint density at radius 2 is 1.96 bits per heavy atom. The van der Waals surface area contributed by atoms with Crippen molar-refractivity contribution in [1.29, 1.82) is 0 Å². The third-order valence-electron chi connectivity index (χ3n) is 3.93. The number of nitrogens with zero attached hydrogens (tertiary/aromatic N) is 1. The van der Waals surface area contributed by atoms with Crippen molar-refractivity contribution >= 4 is 29.2 Å². The predicted molar refractivity (Wildman–Crippen MR) is 93.3 cm³/mol. The van der Waals surface area contributed by atoms with E-state index in [-0.39, 0.29) is 17.2 Å². The summed E-state index contributed by atoms with van der Waals surface area (Å²) < 4.78 is 18.2. The van der Waals surface area contributed by atoms with E-state index in [2.05, 4.69) is 5.32 Å². The van der Waals surface area contributed by atoms with Crippen molar-refractivity contribution in [2.24, 2.45) is 0 Å². The minimum Gasteiger partial charge on any atom is -0.452 e. The summed E-state index contributed by atoms with van der Waals surface area (Å²) in [4.78, 5) is 37.7. The molecule has 0 saturated carbocycles. The highest BCUT2D eigenvalue weighted by atomic mass is 19.1. The Balaban J connectivity index is 1.63. The fourth-order valence-corrected chi connectivity index (χ4v) is 2.76. The van der Waals surface area contributed by atoms with Crippen molar-refractivity contribution in [2.75, 3.05) is 23.4 Å². The Bertz CT molecular complexity index is 853. The van der Waals surface area contributed by atoms with Crippen LogP contribution in [-0.4, -0.2) is 30.9 Å². The molecular formula is C19H17FN2O4. The zero-order valence-corrected chi connectivity index (χ0v) is 13.9. The molecule has 3 rings (SSSR count). The summed E-state index contributed by atoms with van der Waals surface area (Å²) in [5.41, 5.74) is 0.973. The van der Waals surface area contributed by atoms with Gasteiger partial charge in [0.1, 0.15) is 5.82 Å². The second kappa shape index (κ2) is 7.77. The van der Waals surface area contributed by atoms with E-state index in [1.54, 1.807) is 29.2 Å². The van der Waals surface area contributed by atoms with Gasteiger partial charge in [-0.15, -0.1) is 0 Å². The number of carbonyl (C=O) groups excluding carboxylic acids is 3. The summed E-state index contributed by atoms with van der Waals surface area (Å²) >= 11 is 0. The maximum Gasteiger partial charge on any atom is 0.340 e. The molecule has 2 aromatic carbocycles. The molecule has 1 heterocycles. The summed E-state index contributed by atoms with van der Waals surface area (Å²) in [5, 5.41) is 2.45. The van der Waals surface area contributed by atoms with E-state index in [9.17, 15) is 18.8 Å². The predicted octanol–water partition coefficient (Wildman–Crippen LogP) is 2.75. The number of carbonyl (C=O) groups is 3. The van der Waals surface area contributed by atoms with Crippen molar-refractivity contribution in [3.63, 3.8) is 0 Å². The van der Waals surface area contributed by atoms with Gasteiger partial charge in [-0.05, 0) is 36.8 Å². The van der Waals surface area contributed by atoms with Gasteiger partial charge in [0.2, 0.25) is 5.91 Å². The van der Waals surface area contributed by atoms with Gasteiger partial charge in [0.05, 0.1) is 11.3 Å². The number of nitrogens with one attached hydrogen (secondary N) is 1. The van der Waals surface area contributed by atoms with Crippen molar-refractivity contribution in [3.05, 3.63) is 59.9 Å². The third kappa shape index (κ3) is 4.05. The fraction of sp³-hybridized carbons (Fsp3) is 0.211. The average Bonchev–Trinajstić information content (AvgIpc) is 3.05. The average molecular weight is 356 g/mol. The first kappa shape index (κ1) is 17.6. The second-order valence-corrected chi connectivity index (χ2v) is 5.80. The number of rotatable bonds is 5. The molecule has 26 heavy (non-hydrogen) atoms. The molecule has 2 amide bonds. The number of hydrogen-bond acceptors (Lipinski definition) is 4. The fourth-order valence-electron chi connectivity index (χ4n) is 2.76. The van der Waals surface area contributed by atoms with Gasteiger partial charge in [0.25, 0.3) is 5.91 Å². The first-order valence-electron chi connectivity index (χ1n) is 8.16. The molecular weight excluding hydrogens is 339 g/mol. The van der Waals surface area contributed by atoms with Crippen molar-refractivity contribution < 1.29 is 23.5 Å². The molecule has 6 nitrogen and oxygen atoms in total. The van der Waals surface area contributed by atoms with E-state index in [4.69, 9.17) is 4.74 Å².